The highest BCUT2D eigenvalue weighted by Gasteiger charge is 2.09. The van der Waals surface area contributed by atoms with Crippen LogP contribution in [0.4, 0.5) is 11.4 Å². The molecule has 0 saturated carbocycles. The molecule has 0 spiro atoms. The van der Waals surface area contributed by atoms with Crippen molar-refractivity contribution in [1.82, 2.24) is 0 Å². The largest absolute Gasteiger partial charge is 0.492 e. The summed E-state index contributed by atoms with van der Waals surface area (Å²) < 4.78 is 10.7. The summed E-state index contributed by atoms with van der Waals surface area (Å²) in [5.41, 5.74) is 7.62. The summed E-state index contributed by atoms with van der Waals surface area (Å²) in [5.74, 6) is 0.707. The van der Waals surface area contributed by atoms with Crippen LogP contribution in [-0.4, -0.2) is 45.1 Å². The van der Waals surface area contributed by atoms with E-state index in [1.54, 1.807) is 0 Å². The second kappa shape index (κ2) is 7.79. The van der Waals surface area contributed by atoms with Gasteiger partial charge in [0.05, 0.1) is 37.8 Å². The molecule has 5 nitrogen and oxygen atoms in total. The van der Waals surface area contributed by atoms with Crippen molar-refractivity contribution >= 4 is 11.4 Å². The molecule has 0 heterocycles. The van der Waals surface area contributed by atoms with Gasteiger partial charge in [-0.2, -0.15) is 0 Å². The molecule has 1 rings (SSSR count). The maximum atomic E-state index is 8.61. The highest BCUT2D eigenvalue weighted by molar-refractivity contribution is 5.73. The van der Waals surface area contributed by atoms with Crippen LogP contribution in [-0.2, 0) is 4.74 Å². The van der Waals surface area contributed by atoms with E-state index >= 15 is 0 Å². The number of benzene rings is 1. The first-order valence-electron chi connectivity index (χ1n) is 6.11. The zero-order valence-electron chi connectivity index (χ0n) is 11.1. The first kappa shape index (κ1) is 14.6. The molecule has 1 aromatic carbocycles. The normalized spacial score (nSPS) is 10.4. The van der Waals surface area contributed by atoms with E-state index in [2.05, 4.69) is 0 Å². The molecular formula is C13H22N2O3. The van der Waals surface area contributed by atoms with Gasteiger partial charge in [-0.05, 0) is 19.1 Å². The Morgan fingerprint density at radius 2 is 2.11 bits per heavy atom. The molecule has 18 heavy (non-hydrogen) atoms. The number of ether oxygens (including phenoxy) is 2. The molecule has 0 radical (unpaired) electrons. The highest BCUT2D eigenvalue weighted by Crippen LogP contribution is 2.31. The second-order valence-corrected chi connectivity index (χ2v) is 3.88. The Morgan fingerprint density at radius 1 is 1.33 bits per heavy atom. The molecule has 1 aromatic rings. The summed E-state index contributed by atoms with van der Waals surface area (Å²) >= 11 is 0. The Hall–Kier alpha value is -1.46. The third-order valence-corrected chi connectivity index (χ3v) is 2.56. The van der Waals surface area contributed by atoms with E-state index in [0.717, 1.165) is 5.69 Å². The van der Waals surface area contributed by atoms with Gasteiger partial charge in [0.1, 0.15) is 5.75 Å². The molecule has 0 aliphatic carbocycles. The number of likely N-dealkylation sites (N-methyl/N-ethyl adjacent to an activating group) is 1. The Bertz CT molecular complexity index is 358. The minimum atomic E-state index is 0.0473. The molecule has 0 atom stereocenters. The Morgan fingerprint density at radius 3 is 2.78 bits per heavy atom. The summed E-state index contributed by atoms with van der Waals surface area (Å²) in [4.78, 5) is 2.01. The van der Waals surface area contributed by atoms with Gasteiger partial charge < -0.3 is 25.2 Å². The summed E-state index contributed by atoms with van der Waals surface area (Å²) in [5, 5.41) is 8.61. The van der Waals surface area contributed by atoms with E-state index in [0.29, 0.717) is 37.8 Å². The summed E-state index contributed by atoms with van der Waals surface area (Å²) in [6, 6.07) is 5.73. The molecule has 0 bridgehead atoms. The van der Waals surface area contributed by atoms with Crippen LogP contribution in [0.2, 0.25) is 0 Å². The fraction of sp³-hybridized carbons (Fsp3) is 0.538. The third kappa shape index (κ3) is 4.09. The number of hydrogen-bond donors (Lipinski definition) is 2. The molecule has 0 unspecified atom stereocenters. The van der Waals surface area contributed by atoms with E-state index in [1.807, 2.05) is 37.1 Å². The Kier molecular flexibility index (Phi) is 6.32. The fourth-order valence-corrected chi connectivity index (χ4v) is 1.64. The molecule has 0 aliphatic heterocycles. The first-order valence-corrected chi connectivity index (χ1v) is 6.11. The zero-order chi connectivity index (χ0) is 13.4. The lowest BCUT2D eigenvalue weighted by atomic mass is 10.2. The minimum Gasteiger partial charge on any atom is -0.492 e. The molecule has 102 valence electrons. The smallest absolute Gasteiger partial charge is 0.144 e. The summed E-state index contributed by atoms with van der Waals surface area (Å²) in [6.07, 6.45) is 0. The van der Waals surface area contributed by atoms with Gasteiger partial charge in [0.25, 0.3) is 0 Å². The number of anilines is 2. The highest BCUT2D eigenvalue weighted by atomic mass is 16.5. The Balaban J connectivity index is 2.61. The molecule has 0 amide bonds. The SMILES string of the molecule is CCOc1cccc(N(C)CCOCCO)c1N. The molecule has 0 fully saturated rings. The number of nitrogens with two attached hydrogens (primary N) is 1. The second-order valence-electron chi connectivity index (χ2n) is 3.88. The van der Waals surface area contributed by atoms with Crippen molar-refractivity contribution in [2.45, 2.75) is 6.92 Å². The van der Waals surface area contributed by atoms with E-state index in [4.69, 9.17) is 20.3 Å². The van der Waals surface area contributed by atoms with E-state index in [1.165, 1.54) is 0 Å². The predicted molar refractivity (Wildman–Crippen MR) is 73.2 cm³/mol. The van der Waals surface area contributed by atoms with Crippen molar-refractivity contribution in [2.75, 3.05) is 50.7 Å². The summed E-state index contributed by atoms with van der Waals surface area (Å²) in [6.45, 7) is 4.19. The zero-order valence-corrected chi connectivity index (χ0v) is 11.1. The first-order chi connectivity index (χ1) is 8.70. The van der Waals surface area contributed by atoms with Gasteiger partial charge in [-0.25, -0.2) is 0 Å². The van der Waals surface area contributed by atoms with Crippen LogP contribution in [0, 0.1) is 0 Å². The van der Waals surface area contributed by atoms with Crippen molar-refractivity contribution in [3.8, 4) is 5.75 Å². The van der Waals surface area contributed by atoms with E-state index in [-0.39, 0.29) is 6.61 Å². The lowest BCUT2D eigenvalue weighted by molar-refractivity contribution is 0.0971. The molecular weight excluding hydrogens is 232 g/mol. The van der Waals surface area contributed by atoms with Crippen LogP contribution in [0.5, 0.6) is 5.75 Å². The van der Waals surface area contributed by atoms with E-state index < -0.39 is 0 Å². The standard InChI is InChI=1S/C13H22N2O3/c1-3-18-12-6-4-5-11(13(12)14)15(2)7-9-17-10-8-16/h4-6,16H,3,7-10,14H2,1-2H3. The van der Waals surface area contributed by atoms with Crippen molar-refractivity contribution in [3.05, 3.63) is 18.2 Å². The molecule has 0 saturated heterocycles. The van der Waals surface area contributed by atoms with E-state index in [9.17, 15) is 0 Å². The number of hydrogen-bond acceptors (Lipinski definition) is 5. The van der Waals surface area contributed by atoms with Crippen LogP contribution in [0.15, 0.2) is 18.2 Å². The van der Waals surface area contributed by atoms with Gasteiger partial charge in [-0.15, -0.1) is 0 Å². The molecule has 0 aliphatic rings. The Labute approximate surface area is 108 Å². The van der Waals surface area contributed by atoms with Gasteiger partial charge in [-0.1, -0.05) is 6.07 Å². The number of nitrogen functional groups attached to an aromatic ring is 1. The monoisotopic (exact) mass is 254 g/mol. The van der Waals surface area contributed by atoms with Gasteiger partial charge >= 0.3 is 0 Å². The van der Waals surface area contributed by atoms with Crippen molar-refractivity contribution < 1.29 is 14.6 Å². The van der Waals surface area contributed by atoms with Crippen LogP contribution in [0.1, 0.15) is 6.92 Å². The lowest BCUT2D eigenvalue weighted by Crippen LogP contribution is -2.24. The average Bonchev–Trinajstić information content (AvgIpc) is 2.37. The van der Waals surface area contributed by atoms with Crippen molar-refractivity contribution in [1.29, 1.82) is 0 Å². The van der Waals surface area contributed by atoms with Crippen LogP contribution in [0.3, 0.4) is 0 Å². The van der Waals surface area contributed by atoms with Gasteiger partial charge in [0, 0.05) is 13.6 Å². The molecule has 5 heteroatoms. The topological polar surface area (TPSA) is 68.0 Å². The van der Waals surface area contributed by atoms with Crippen LogP contribution < -0.4 is 15.4 Å². The number of aliphatic hydroxyl groups excluding tert-OH is 1. The fourth-order valence-electron chi connectivity index (χ4n) is 1.64. The quantitative estimate of drug-likeness (QED) is 0.537. The lowest BCUT2D eigenvalue weighted by Gasteiger charge is -2.22. The van der Waals surface area contributed by atoms with Gasteiger partial charge in [0.15, 0.2) is 0 Å². The molecule has 0 aromatic heterocycles. The minimum absolute atomic E-state index is 0.0473. The average molecular weight is 254 g/mol. The number of aliphatic hydroxyl groups is 1. The van der Waals surface area contributed by atoms with Crippen molar-refractivity contribution in [3.63, 3.8) is 0 Å². The maximum absolute atomic E-state index is 8.61. The number of para-hydroxylation sites is 1. The van der Waals surface area contributed by atoms with Gasteiger partial charge in [-0.3, -0.25) is 0 Å². The number of rotatable bonds is 8. The van der Waals surface area contributed by atoms with Crippen molar-refractivity contribution in [2.24, 2.45) is 0 Å². The van der Waals surface area contributed by atoms with Crippen LogP contribution >= 0.6 is 0 Å². The van der Waals surface area contributed by atoms with Crippen LogP contribution in [0.25, 0.3) is 0 Å². The third-order valence-electron chi connectivity index (χ3n) is 2.56. The predicted octanol–water partition coefficient (Wildman–Crippen LogP) is 1.11. The maximum Gasteiger partial charge on any atom is 0.144 e. The summed E-state index contributed by atoms with van der Waals surface area (Å²) in [7, 11) is 1.95. The molecule has 3 N–H and O–H groups in total. The number of nitrogens with zero attached hydrogens (tertiary/aromatic N) is 1. The van der Waals surface area contributed by atoms with Gasteiger partial charge in [0.2, 0.25) is 0 Å².